The Bertz CT molecular complexity index is 772. The van der Waals surface area contributed by atoms with Crippen molar-refractivity contribution in [1.82, 2.24) is 10.6 Å². The number of benzene rings is 2. The molecular weight excluding hydrogens is 398 g/mol. The summed E-state index contributed by atoms with van der Waals surface area (Å²) in [5.41, 5.74) is 0.263. The van der Waals surface area contributed by atoms with Gasteiger partial charge < -0.3 is 10.6 Å². The second-order valence-corrected chi connectivity index (χ2v) is 7.32. The summed E-state index contributed by atoms with van der Waals surface area (Å²) in [6, 6.07) is 10.8. The molecule has 2 rings (SSSR count). The molecule has 0 saturated heterocycles. The van der Waals surface area contributed by atoms with Crippen LogP contribution in [0.15, 0.2) is 47.4 Å². The highest BCUT2D eigenvalue weighted by Gasteiger charge is 2.11. The molecule has 2 amide bonds. The Morgan fingerprint density at radius 2 is 1.77 bits per heavy atom. The number of hydrogen-bond donors (Lipinski definition) is 2. The van der Waals surface area contributed by atoms with Crippen molar-refractivity contribution >= 4 is 46.8 Å². The standard InChI is InChI=1S/C18H17Cl2FN2O2S/c19-12-2-7-15(16(20)10-12)18(25)23-11-17(24)22-8-1-9-26-14-5-3-13(21)4-6-14/h2-7,10H,1,8-9,11H2,(H,22,24)(H,23,25). The molecule has 0 fully saturated rings. The second-order valence-electron chi connectivity index (χ2n) is 5.31. The number of amides is 2. The third-order valence-corrected chi connectivity index (χ3v) is 4.96. The minimum atomic E-state index is -0.436. The molecule has 0 aliphatic rings. The van der Waals surface area contributed by atoms with E-state index < -0.39 is 5.91 Å². The quantitative estimate of drug-likeness (QED) is 0.503. The van der Waals surface area contributed by atoms with E-state index in [2.05, 4.69) is 10.6 Å². The fourth-order valence-electron chi connectivity index (χ4n) is 2.01. The zero-order chi connectivity index (χ0) is 18.9. The van der Waals surface area contributed by atoms with Gasteiger partial charge in [0.2, 0.25) is 5.91 Å². The topological polar surface area (TPSA) is 58.2 Å². The first-order valence-electron chi connectivity index (χ1n) is 7.84. The van der Waals surface area contributed by atoms with Crippen molar-refractivity contribution in [2.45, 2.75) is 11.3 Å². The van der Waals surface area contributed by atoms with Gasteiger partial charge in [-0.3, -0.25) is 9.59 Å². The molecule has 0 spiro atoms. The lowest BCUT2D eigenvalue weighted by molar-refractivity contribution is -0.120. The van der Waals surface area contributed by atoms with Gasteiger partial charge in [-0.1, -0.05) is 23.2 Å². The SMILES string of the molecule is O=C(CNC(=O)c1ccc(Cl)cc1Cl)NCCCSc1ccc(F)cc1. The molecule has 0 aliphatic carbocycles. The Kier molecular flexibility index (Phi) is 8.22. The first-order valence-corrected chi connectivity index (χ1v) is 9.58. The largest absolute Gasteiger partial charge is 0.355 e. The maximum absolute atomic E-state index is 12.8. The summed E-state index contributed by atoms with van der Waals surface area (Å²) in [4.78, 5) is 24.7. The van der Waals surface area contributed by atoms with Crippen LogP contribution in [0.3, 0.4) is 0 Å². The van der Waals surface area contributed by atoms with Gasteiger partial charge in [-0.05, 0) is 54.6 Å². The van der Waals surface area contributed by atoms with Crippen LogP contribution in [0.4, 0.5) is 4.39 Å². The molecule has 0 aliphatic heterocycles. The molecule has 0 aromatic heterocycles. The van der Waals surface area contributed by atoms with E-state index in [1.807, 2.05) is 0 Å². The molecule has 0 radical (unpaired) electrons. The Balaban J connectivity index is 1.62. The van der Waals surface area contributed by atoms with Crippen LogP contribution in [0.5, 0.6) is 0 Å². The van der Waals surface area contributed by atoms with Crippen LogP contribution in [-0.4, -0.2) is 30.7 Å². The van der Waals surface area contributed by atoms with Crippen molar-refractivity contribution in [3.05, 3.63) is 63.9 Å². The number of rotatable bonds is 8. The summed E-state index contributed by atoms with van der Waals surface area (Å²) in [7, 11) is 0. The number of nitrogens with one attached hydrogen (secondary N) is 2. The van der Waals surface area contributed by atoms with Gasteiger partial charge in [-0.2, -0.15) is 0 Å². The minimum Gasteiger partial charge on any atom is -0.355 e. The van der Waals surface area contributed by atoms with Gasteiger partial charge in [0, 0.05) is 16.5 Å². The van der Waals surface area contributed by atoms with E-state index in [1.54, 1.807) is 30.0 Å². The molecule has 0 unspecified atom stereocenters. The molecule has 2 N–H and O–H groups in total. The average molecular weight is 415 g/mol. The smallest absolute Gasteiger partial charge is 0.253 e. The van der Waals surface area contributed by atoms with E-state index in [0.29, 0.717) is 11.6 Å². The third kappa shape index (κ3) is 6.86. The monoisotopic (exact) mass is 414 g/mol. The summed E-state index contributed by atoms with van der Waals surface area (Å²) < 4.78 is 12.8. The highest BCUT2D eigenvalue weighted by Crippen LogP contribution is 2.21. The lowest BCUT2D eigenvalue weighted by Crippen LogP contribution is -2.37. The first-order chi connectivity index (χ1) is 12.5. The van der Waals surface area contributed by atoms with Crippen LogP contribution < -0.4 is 10.6 Å². The second kappa shape index (κ2) is 10.4. The number of halogens is 3. The van der Waals surface area contributed by atoms with E-state index in [9.17, 15) is 14.0 Å². The fraction of sp³-hybridized carbons (Fsp3) is 0.222. The summed E-state index contributed by atoms with van der Waals surface area (Å²) >= 11 is 13.3. The van der Waals surface area contributed by atoms with Crippen LogP contribution in [0.2, 0.25) is 10.0 Å². The molecule has 0 bridgehead atoms. The molecular formula is C18H17Cl2FN2O2S. The van der Waals surface area contributed by atoms with Gasteiger partial charge in [-0.15, -0.1) is 11.8 Å². The van der Waals surface area contributed by atoms with Crippen molar-refractivity contribution < 1.29 is 14.0 Å². The summed E-state index contributed by atoms with van der Waals surface area (Å²) in [5.74, 6) is -0.189. The van der Waals surface area contributed by atoms with Crippen LogP contribution in [0.1, 0.15) is 16.8 Å². The van der Waals surface area contributed by atoms with Crippen molar-refractivity contribution in [3.8, 4) is 0 Å². The molecule has 0 saturated carbocycles. The highest BCUT2D eigenvalue weighted by molar-refractivity contribution is 7.99. The predicted molar refractivity (Wildman–Crippen MR) is 104 cm³/mol. The normalized spacial score (nSPS) is 10.4. The average Bonchev–Trinajstić information content (AvgIpc) is 2.61. The van der Waals surface area contributed by atoms with E-state index >= 15 is 0 Å². The van der Waals surface area contributed by atoms with E-state index in [4.69, 9.17) is 23.2 Å². The summed E-state index contributed by atoms with van der Waals surface area (Å²) in [6.07, 6.45) is 0.755. The number of hydrogen-bond acceptors (Lipinski definition) is 3. The highest BCUT2D eigenvalue weighted by atomic mass is 35.5. The molecule has 2 aromatic carbocycles. The van der Waals surface area contributed by atoms with Crippen molar-refractivity contribution in [2.75, 3.05) is 18.8 Å². The molecule has 26 heavy (non-hydrogen) atoms. The Morgan fingerprint density at radius 1 is 1.04 bits per heavy atom. The predicted octanol–water partition coefficient (Wildman–Crippen LogP) is 4.16. The lowest BCUT2D eigenvalue weighted by atomic mass is 10.2. The first kappa shape index (κ1) is 20.6. The lowest BCUT2D eigenvalue weighted by Gasteiger charge is -2.08. The Morgan fingerprint density at radius 3 is 2.46 bits per heavy atom. The van der Waals surface area contributed by atoms with Crippen molar-refractivity contribution in [1.29, 1.82) is 0 Å². The zero-order valence-electron chi connectivity index (χ0n) is 13.7. The Labute approximate surface area is 165 Å². The van der Waals surface area contributed by atoms with Gasteiger partial charge in [0.1, 0.15) is 5.82 Å². The van der Waals surface area contributed by atoms with Gasteiger partial charge in [0.25, 0.3) is 5.91 Å². The van der Waals surface area contributed by atoms with Gasteiger partial charge in [0.15, 0.2) is 0 Å². The summed E-state index contributed by atoms with van der Waals surface area (Å²) in [5, 5.41) is 5.90. The number of carbonyl (C=O) groups excluding carboxylic acids is 2. The van der Waals surface area contributed by atoms with Crippen LogP contribution in [0, 0.1) is 5.82 Å². The molecule has 0 heterocycles. The van der Waals surface area contributed by atoms with E-state index in [0.717, 1.165) is 17.1 Å². The number of carbonyl (C=O) groups is 2. The van der Waals surface area contributed by atoms with Crippen molar-refractivity contribution in [2.24, 2.45) is 0 Å². The molecule has 8 heteroatoms. The van der Waals surface area contributed by atoms with Gasteiger partial charge >= 0.3 is 0 Å². The summed E-state index contributed by atoms with van der Waals surface area (Å²) in [6.45, 7) is 0.355. The van der Waals surface area contributed by atoms with Crippen LogP contribution >= 0.6 is 35.0 Å². The Hall–Kier alpha value is -1.76. The van der Waals surface area contributed by atoms with Crippen molar-refractivity contribution in [3.63, 3.8) is 0 Å². The maximum atomic E-state index is 12.8. The molecule has 0 atom stereocenters. The van der Waals surface area contributed by atoms with Crippen LogP contribution in [0.25, 0.3) is 0 Å². The molecule has 138 valence electrons. The maximum Gasteiger partial charge on any atom is 0.253 e. The fourth-order valence-corrected chi connectivity index (χ4v) is 3.36. The van der Waals surface area contributed by atoms with E-state index in [-0.39, 0.29) is 28.9 Å². The third-order valence-electron chi connectivity index (χ3n) is 3.31. The molecule has 2 aromatic rings. The van der Waals surface area contributed by atoms with Gasteiger partial charge in [-0.25, -0.2) is 4.39 Å². The van der Waals surface area contributed by atoms with Crippen LogP contribution in [-0.2, 0) is 4.79 Å². The molecule has 4 nitrogen and oxygen atoms in total. The minimum absolute atomic E-state index is 0.136. The van der Waals surface area contributed by atoms with Gasteiger partial charge in [0.05, 0.1) is 17.1 Å². The van der Waals surface area contributed by atoms with E-state index in [1.165, 1.54) is 24.3 Å². The zero-order valence-corrected chi connectivity index (χ0v) is 16.1. The number of thioether (sulfide) groups is 1.